The molecule has 0 bridgehead atoms. The molecule has 0 spiro atoms. The molecule has 0 saturated carbocycles. The zero-order valence-electron chi connectivity index (χ0n) is 13.7. The lowest BCUT2D eigenvalue weighted by Crippen LogP contribution is -2.28. The average molecular weight is 339 g/mol. The lowest BCUT2D eigenvalue weighted by Gasteiger charge is -2.09. The van der Waals surface area contributed by atoms with Crippen LogP contribution in [0.4, 0.5) is 0 Å². The summed E-state index contributed by atoms with van der Waals surface area (Å²) in [6.45, 7) is 3.30. The number of ether oxygens (including phenoxy) is 2. The van der Waals surface area contributed by atoms with Crippen LogP contribution in [-0.2, 0) is 4.79 Å². The van der Waals surface area contributed by atoms with Crippen molar-refractivity contribution in [2.45, 2.75) is 13.8 Å². The van der Waals surface area contributed by atoms with Crippen LogP contribution in [0.2, 0.25) is 0 Å². The largest absolute Gasteiger partial charge is 0.546 e. The Bertz CT molecular complexity index is 982. The van der Waals surface area contributed by atoms with E-state index >= 15 is 0 Å². The molecule has 0 saturated heterocycles. The van der Waals surface area contributed by atoms with E-state index < -0.39 is 12.6 Å². The van der Waals surface area contributed by atoms with E-state index in [0.717, 1.165) is 11.1 Å². The molecule has 0 N–H and O–H groups in total. The van der Waals surface area contributed by atoms with Gasteiger partial charge in [-0.25, -0.2) is 0 Å². The summed E-state index contributed by atoms with van der Waals surface area (Å²) in [7, 11) is 0. The number of hydrogen-bond donors (Lipinski definition) is 0. The van der Waals surface area contributed by atoms with E-state index in [1.807, 2.05) is 32.0 Å². The van der Waals surface area contributed by atoms with Crippen molar-refractivity contribution >= 4 is 16.9 Å². The Hall–Kier alpha value is -3.28. The van der Waals surface area contributed by atoms with E-state index in [4.69, 9.17) is 13.9 Å². The SMILES string of the molecule is Cc1cc(C)cc(Oc2coc3cc(OCC(=O)[O-])ccc3c2=O)c1. The highest BCUT2D eigenvalue weighted by Crippen LogP contribution is 2.25. The van der Waals surface area contributed by atoms with Crippen LogP contribution in [0.15, 0.2) is 51.9 Å². The van der Waals surface area contributed by atoms with Gasteiger partial charge >= 0.3 is 0 Å². The van der Waals surface area contributed by atoms with Gasteiger partial charge in [0, 0.05) is 6.07 Å². The molecule has 0 amide bonds. The van der Waals surface area contributed by atoms with Crippen LogP contribution in [0.1, 0.15) is 11.1 Å². The summed E-state index contributed by atoms with van der Waals surface area (Å²) < 4.78 is 16.1. The smallest absolute Gasteiger partial charge is 0.235 e. The van der Waals surface area contributed by atoms with Gasteiger partial charge in [-0.1, -0.05) is 6.07 Å². The number of carboxylic acids is 1. The minimum Gasteiger partial charge on any atom is -0.546 e. The summed E-state index contributed by atoms with van der Waals surface area (Å²) in [4.78, 5) is 23.0. The van der Waals surface area contributed by atoms with Gasteiger partial charge in [0.15, 0.2) is 0 Å². The summed E-state index contributed by atoms with van der Waals surface area (Å²) in [5.74, 6) is -0.444. The molecule has 128 valence electrons. The number of carbonyl (C=O) groups is 1. The van der Waals surface area contributed by atoms with E-state index in [0.29, 0.717) is 11.1 Å². The highest BCUT2D eigenvalue weighted by atomic mass is 16.5. The Morgan fingerprint density at radius 3 is 2.48 bits per heavy atom. The maximum Gasteiger partial charge on any atom is 0.235 e. The number of carboxylic acid groups (broad SMARTS) is 1. The van der Waals surface area contributed by atoms with Crippen molar-refractivity contribution in [1.29, 1.82) is 0 Å². The van der Waals surface area contributed by atoms with Crippen molar-refractivity contribution in [3.63, 3.8) is 0 Å². The zero-order chi connectivity index (χ0) is 18.0. The highest BCUT2D eigenvalue weighted by molar-refractivity contribution is 5.79. The highest BCUT2D eigenvalue weighted by Gasteiger charge is 2.11. The fourth-order valence-electron chi connectivity index (χ4n) is 2.51. The molecule has 1 aromatic heterocycles. The summed E-state index contributed by atoms with van der Waals surface area (Å²) in [6.07, 6.45) is 1.23. The fraction of sp³-hybridized carbons (Fsp3) is 0.158. The van der Waals surface area contributed by atoms with Gasteiger partial charge in [0.25, 0.3) is 0 Å². The van der Waals surface area contributed by atoms with Crippen molar-refractivity contribution in [1.82, 2.24) is 0 Å². The van der Waals surface area contributed by atoms with Crippen LogP contribution in [0.3, 0.4) is 0 Å². The van der Waals surface area contributed by atoms with Crippen molar-refractivity contribution in [2.75, 3.05) is 6.61 Å². The summed E-state index contributed by atoms with van der Waals surface area (Å²) in [5, 5.41) is 10.7. The first-order valence-corrected chi connectivity index (χ1v) is 7.57. The first-order valence-electron chi connectivity index (χ1n) is 7.57. The molecule has 2 aromatic carbocycles. The van der Waals surface area contributed by atoms with Crippen LogP contribution in [0.5, 0.6) is 17.2 Å². The average Bonchev–Trinajstić information content (AvgIpc) is 2.54. The van der Waals surface area contributed by atoms with Crippen LogP contribution < -0.4 is 20.0 Å². The lowest BCUT2D eigenvalue weighted by atomic mass is 10.1. The first kappa shape index (κ1) is 16.6. The molecule has 25 heavy (non-hydrogen) atoms. The Balaban J connectivity index is 1.93. The predicted octanol–water partition coefficient (Wildman–Crippen LogP) is 2.33. The molecule has 0 radical (unpaired) electrons. The molecule has 0 aliphatic rings. The summed E-state index contributed by atoms with van der Waals surface area (Å²) in [5.41, 5.74) is 1.99. The standard InChI is InChI=1S/C19H16O6/c1-11-5-12(2)7-14(6-11)25-17-9-24-16-8-13(23-10-18(20)21)3-4-15(16)19(17)22/h3-9H,10H2,1-2H3,(H,20,21)/p-1. The second-order valence-corrected chi connectivity index (χ2v) is 5.67. The third-order valence-electron chi connectivity index (χ3n) is 3.49. The monoisotopic (exact) mass is 339 g/mol. The van der Waals surface area contributed by atoms with Crippen LogP contribution in [-0.4, -0.2) is 12.6 Å². The molecular formula is C19H15O6-. The normalized spacial score (nSPS) is 10.6. The van der Waals surface area contributed by atoms with Crippen molar-refractivity contribution in [3.05, 3.63) is 64.0 Å². The van der Waals surface area contributed by atoms with E-state index in [9.17, 15) is 14.7 Å². The Kier molecular flexibility index (Phi) is 4.43. The molecule has 0 atom stereocenters. The van der Waals surface area contributed by atoms with Crippen molar-refractivity contribution in [2.24, 2.45) is 0 Å². The van der Waals surface area contributed by atoms with E-state index in [1.165, 1.54) is 24.5 Å². The lowest BCUT2D eigenvalue weighted by molar-refractivity contribution is -0.307. The molecule has 0 unspecified atom stereocenters. The third-order valence-corrected chi connectivity index (χ3v) is 3.49. The van der Waals surface area contributed by atoms with Gasteiger partial charge in [-0.05, 0) is 49.2 Å². The third kappa shape index (κ3) is 3.80. The van der Waals surface area contributed by atoms with E-state index in [1.54, 1.807) is 0 Å². The Labute approximate surface area is 143 Å². The van der Waals surface area contributed by atoms with E-state index in [2.05, 4.69) is 0 Å². The van der Waals surface area contributed by atoms with Gasteiger partial charge < -0.3 is 23.8 Å². The summed E-state index contributed by atoms with van der Waals surface area (Å²) in [6, 6.07) is 10.1. The molecule has 6 nitrogen and oxygen atoms in total. The van der Waals surface area contributed by atoms with Gasteiger partial charge in [-0.15, -0.1) is 0 Å². The van der Waals surface area contributed by atoms with Crippen molar-refractivity contribution < 1.29 is 23.8 Å². The molecule has 0 fully saturated rings. The fourth-order valence-corrected chi connectivity index (χ4v) is 2.51. The molecule has 1 heterocycles. The van der Waals surface area contributed by atoms with E-state index in [-0.39, 0.29) is 22.5 Å². The molecule has 3 rings (SSSR count). The minimum absolute atomic E-state index is 0.0703. The van der Waals surface area contributed by atoms with Gasteiger partial charge in [-0.3, -0.25) is 4.79 Å². The van der Waals surface area contributed by atoms with Gasteiger partial charge in [0.1, 0.15) is 30.0 Å². The van der Waals surface area contributed by atoms with Crippen LogP contribution in [0, 0.1) is 13.8 Å². The number of benzene rings is 2. The second kappa shape index (κ2) is 6.68. The number of hydrogen-bond acceptors (Lipinski definition) is 6. The minimum atomic E-state index is -1.33. The molecule has 0 aliphatic heterocycles. The zero-order valence-corrected chi connectivity index (χ0v) is 13.7. The van der Waals surface area contributed by atoms with Crippen LogP contribution in [0.25, 0.3) is 11.0 Å². The number of aliphatic carboxylic acids is 1. The quantitative estimate of drug-likeness (QED) is 0.709. The molecule has 6 heteroatoms. The molecule has 3 aromatic rings. The summed E-state index contributed by atoms with van der Waals surface area (Å²) >= 11 is 0. The number of fused-ring (bicyclic) bond motifs is 1. The Morgan fingerprint density at radius 2 is 1.80 bits per heavy atom. The second-order valence-electron chi connectivity index (χ2n) is 5.67. The maximum atomic E-state index is 12.6. The maximum absolute atomic E-state index is 12.6. The van der Waals surface area contributed by atoms with Crippen LogP contribution >= 0.6 is 0 Å². The number of carbonyl (C=O) groups excluding carboxylic acids is 1. The first-order chi connectivity index (χ1) is 11.9. The molecular weight excluding hydrogens is 324 g/mol. The molecule has 0 aliphatic carbocycles. The topological polar surface area (TPSA) is 88.8 Å². The number of rotatable bonds is 5. The predicted molar refractivity (Wildman–Crippen MR) is 89.0 cm³/mol. The number of aryl methyl sites for hydroxylation is 2. The van der Waals surface area contributed by atoms with Gasteiger partial charge in [0.05, 0.1) is 11.4 Å². The van der Waals surface area contributed by atoms with Crippen molar-refractivity contribution in [3.8, 4) is 17.2 Å². The van der Waals surface area contributed by atoms with Gasteiger partial charge in [0.2, 0.25) is 11.2 Å². The van der Waals surface area contributed by atoms with Gasteiger partial charge in [-0.2, -0.15) is 0 Å². The Morgan fingerprint density at radius 1 is 1.08 bits per heavy atom.